The highest BCUT2D eigenvalue weighted by Gasteiger charge is 2.21. The van der Waals surface area contributed by atoms with Crippen molar-refractivity contribution >= 4 is 5.91 Å². The summed E-state index contributed by atoms with van der Waals surface area (Å²) in [5.41, 5.74) is 3.43. The fourth-order valence-corrected chi connectivity index (χ4v) is 2.67. The van der Waals surface area contributed by atoms with Crippen LogP contribution in [0.5, 0.6) is 0 Å². The standard InChI is InChI=1S/C16H20N4O2/c21-12(8-11-4-2-1-3-5-11)9-18-16(22)15-13-10-17-7-6-14(13)19-20-15/h1-5,12,17,21H,6-10H2,(H,18,22)(H,19,20). The van der Waals surface area contributed by atoms with E-state index in [0.29, 0.717) is 18.7 Å². The van der Waals surface area contributed by atoms with Crippen LogP contribution in [0.3, 0.4) is 0 Å². The molecule has 116 valence electrons. The maximum atomic E-state index is 12.2. The lowest BCUT2D eigenvalue weighted by Crippen LogP contribution is -2.34. The van der Waals surface area contributed by atoms with E-state index < -0.39 is 6.10 Å². The Hall–Kier alpha value is -2.18. The zero-order valence-electron chi connectivity index (χ0n) is 12.3. The predicted octanol–water partition coefficient (Wildman–Crippen LogP) is 0.389. The van der Waals surface area contributed by atoms with Crippen molar-refractivity contribution in [2.24, 2.45) is 0 Å². The largest absolute Gasteiger partial charge is 0.391 e. The minimum atomic E-state index is -0.612. The second kappa shape index (κ2) is 6.72. The molecule has 1 amide bonds. The topological polar surface area (TPSA) is 90.0 Å². The van der Waals surface area contributed by atoms with Crippen molar-refractivity contribution < 1.29 is 9.90 Å². The Labute approximate surface area is 128 Å². The fraction of sp³-hybridized carbons (Fsp3) is 0.375. The summed E-state index contributed by atoms with van der Waals surface area (Å²) < 4.78 is 0. The van der Waals surface area contributed by atoms with E-state index in [2.05, 4.69) is 20.8 Å². The molecule has 0 saturated carbocycles. The van der Waals surface area contributed by atoms with Crippen LogP contribution in [-0.4, -0.2) is 40.4 Å². The molecule has 2 aromatic rings. The van der Waals surface area contributed by atoms with E-state index in [4.69, 9.17) is 0 Å². The first-order valence-electron chi connectivity index (χ1n) is 7.51. The molecule has 0 aliphatic carbocycles. The molecular formula is C16H20N4O2. The number of aromatic amines is 1. The van der Waals surface area contributed by atoms with Gasteiger partial charge in [0, 0.05) is 43.7 Å². The van der Waals surface area contributed by atoms with E-state index in [9.17, 15) is 9.90 Å². The number of aromatic nitrogens is 2. The number of benzene rings is 1. The summed E-state index contributed by atoms with van der Waals surface area (Å²) in [5.74, 6) is -0.242. The number of nitrogens with one attached hydrogen (secondary N) is 3. The molecule has 1 unspecified atom stereocenters. The predicted molar refractivity (Wildman–Crippen MR) is 82.5 cm³/mol. The number of aliphatic hydroxyl groups is 1. The van der Waals surface area contributed by atoms with E-state index in [-0.39, 0.29) is 12.5 Å². The molecule has 0 spiro atoms. The van der Waals surface area contributed by atoms with E-state index >= 15 is 0 Å². The molecule has 1 aliphatic rings. The molecule has 0 saturated heterocycles. The Kier molecular flexibility index (Phi) is 4.50. The summed E-state index contributed by atoms with van der Waals surface area (Å²) >= 11 is 0. The lowest BCUT2D eigenvalue weighted by atomic mass is 10.1. The summed E-state index contributed by atoms with van der Waals surface area (Å²) in [6.07, 6.45) is 0.757. The third kappa shape index (κ3) is 3.35. The van der Waals surface area contributed by atoms with Crippen LogP contribution >= 0.6 is 0 Å². The highest BCUT2D eigenvalue weighted by molar-refractivity contribution is 5.94. The minimum Gasteiger partial charge on any atom is -0.391 e. The van der Waals surface area contributed by atoms with Gasteiger partial charge in [0.25, 0.3) is 5.91 Å². The molecule has 22 heavy (non-hydrogen) atoms. The van der Waals surface area contributed by atoms with Crippen molar-refractivity contribution in [2.45, 2.75) is 25.5 Å². The molecule has 0 fully saturated rings. The third-order valence-electron chi connectivity index (χ3n) is 3.83. The van der Waals surface area contributed by atoms with Gasteiger partial charge in [-0.15, -0.1) is 0 Å². The maximum absolute atomic E-state index is 12.2. The number of nitrogens with zero attached hydrogens (tertiary/aromatic N) is 1. The van der Waals surface area contributed by atoms with Crippen LogP contribution in [0.2, 0.25) is 0 Å². The molecule has 1 aromatic carbocycles. The van der Waals surface area contributed by atoms with E-state index in [0.717, 1.165) is 29.8 Å². The van der Waals surface area contributed by atoms with Crippen LogP contribution in [0.1, 0.15) is 27.3 Å². The first-order valence-corrected chi connectivity index (χ1v) is 7.51. The second-order valence-electron chi connectivity index (χ2n) is 5.51. The number of carbonyl (C=O) groups excluding carboxylic acids is 1. The van der Waals surface area contributed by atoms with Crippen LogP contribution in [-0.2, 0) is 19.4 Å². The third-order valence-corrected chi connectivity index (χ3v) is 3.83. The van der Waals surface area contributed by atoms with Crippen molar-refractivity contribution in [3.05, 3.63) is 52.8 Å². The van der Waals surface area contributed by atoms with Gasteiger partial charge < -0.3 is 15.7 Å². The van der Waals surface area contributed by atoms with Crippen molar-refractivity contribution in [2.75, 3.05) is 13.1 Å². The Morgan fingerprint density at radius 2 is 2.18 bits per heavy atom. The molecular weight excluding hydrogens is 280 g/mol. The maximum Gasteiger partial charge on any atom is 0.272 e. The average molecular weight is 300 g/mol. The van der Waals surface area contributed by atoms with Crippen LogP contribution in [0.25, 0.3) is 0 Å². The number of hydrogen-bond acceptors (Lipinski definition) is 4. The van der Waals surface area contributed by atoms with Gasteiger partial charge in [-0.1, -0.05) is 30.3 Å². The van der Waals surface area contributed by atoms with Gasteiger partial charge in [-0.05, 0) is 5.56 Å². The number of carbonyl (C=O) groups is 1. The van der Waals surface area contributed by atoms with Crippen LogP contribution in [0, 0.1) is 0 Å². The molecule has 1 atom stereocenters. The molecule has 1 aromatic heterocycles. The van der Waals surface area contributed by atoms with Crippen LogP contribution in [0.15, 0.2) is 30.3 Å². The van der Waals surface area contributed by atoms with Crippen molar-refractivity contribution in [1.82, 2.24) is 20.8 Å². The highest BCUT2D eigenvalue weighted by atomic mass is 16.3. The number of H-pyrrole nitrogens is 1. The number of rotatable bonds is 5. The number of amides is 1. The van der Waals surface area contributed by atoms with Gasteiger partial charge in [0.15, 0.2) is 5.69 Å². The van der Waals surface area contributed by atoms with Gasteiger partial charge in [0.2, 0.25) is 0 Å². The molecule has 4 N–H and O–H groups in total. The van der Waals surface area contributed by atoms with E-state index in [1.807, 2.05) is 30.3 Å². The normalized spacial score (nSPS) is 15.1. The fourth-order valence-electron chi connectivity index (χ4n) is 2.67. The molecule has 1 aliphatic heterocycles. The number of hydrogen-bond donors (Lipinski definition) is 4. The van der Waals surface area contributed by atoms with E-state index in [1.54, 1.807) is 0 Å². The number of aliphatic hydroxyl groups excluding tert-OH is 1. The zero-order chi connectivity index (χ0) is 15.4. The zero-order valence-corrected chi connectivity index (χ0v) is 12.3. The Balaban J connectivity index is 1.55. The van der Waals surface area contributed by atoms with Crippen molar-refractivity contribution in [1.29, 1.82) is 0 Å². The summed E-state index contributed by atoms with van der Waals surface area (Å²) in [5, 5.41) is 23.0. The monoisotopic (exact) mass is 300 g/mol. The first-order chi connectivity index (χ1) is 10.7. The summed E-state index contributed by atoms with van der Waals surface area (Å²) in [4.78, 5) is 12.2. The van der Waals surface area contributed by atoms with Gasteiger partial charge >= 0.3 is 0 Å². The summed E-state index contributed by atoms with van der Waals surface area (Å²) in [7, 11) is 0. The molecule has 6 nitrogen and oxygen atoms in total. The molecule has 3 rings (SSSR count). The van der Waals surface area contributed by atoms with Gasteiger partial charge in [0.1, 0.15) is 0 Å². The SMILES string of the molecule is O=C(NCC(O)Cc1ccccc1)c1n[nH]c2c1CNCC2. The Morgan fingerprint density at radius 3 is 3.00 bits per heavy atom. The van der Waals surface area contributed by atoms with Crippen LogP contribution < -0.4 is 10.6 Å². The molecule has 0 bridgehead atoms. The quantitative estimate of drug-likeness (QED) is 0.643. The first kappa shape index (κ1) is 14.7. The van der Waals surface area contributed by atoms with Crippen molar-refractivity contribution in [3.8, 4) is 0 Å². The van der Waals surface area contributed by atoms with Crippen molar-refractivity contribution in [3.63, 3.8) is 0 Å². The molecule has 0 radical (unpaired) electrons. The smallest absolute Gasteiger partial charge is 0.272 e. The number of fused-ring (bicyclic) bond motifs is 1. The Bertz CT molecular complexity index is 639. The average Bonchev–Trinajstić information content (AvgIpc) is 2.98. The lowest BCUT2D eigenvalue weighted by Gasteiger charge is -2.14. The van der Waals surface area contributed by atoms with Gasteiger partial charge in [-0.2, -0.15) is 5.10 Å². The van der Waals surface area contributed by atoms with Gasteiger partial charge in [-0.3, -0.25) is 9.89 Å². The molecule has 2 heterocycles. The van der Waals surface area contributed by atoms with Gasteiger partial charge in [-0.25, -0.2) is 0 Å². The lowest BCUT2D eigenvalue weighted by molar-refractivity contribution is 0.0910. The van der Waals surface area contributed by atoms with E-state index in [1.165, 1.54) is 0 Å². The molecule has 6 heteroatoms. The second-order valence-corrected chi connectivity index (χ2v) is 5.51. The summed E-state index contributed by atoms with van der Waals surface area (Å²) in [6.45, 7) is 1.76. The minimum absolute atomic E-state index is 0.211. The van der Waals surface area contributed by atoms with Gasteiger partial charge in [0.05, 0.1) is 6.10 Å². The Morgan fingerprint density at radius 1 is 1.36 bits per heavy atom. The summed E-state index contributed by atoms with van der Waals surface area (Å²) in [6, 6.07) is 9.72. The highest BCUT2D eigenvalue weighted by Crippen LogP contribution is 2.15. The van der Waals surface area contributed by atoms with Crippen LogP contribution in [0.4, 0.5) is 0 Å².